The summed E-state index contributed by atoms with van der Waals surface area (Å²) in [5, 5.41) is 0.707. The molecule has 2 rings (SSSR count). The fourth-order valence-corrected chi connectivity index (χ4v) is 3.31. The molecular formula is C15H10Cl2O3S. The van der Waals surface area contributed by atoms with Crippen molar-refractivity contribution >= 4 is 47.2 Å². The van der Waals surface area contributed by atoms with Crippen LogP contribution in [0.5, 0.6) is 0 Å². The maximum Gasteiger partial charge on any atom is 0.339 e. The zero-order valence-electron chi connectivity index (χ0n) is 10.9. The number of rotatable bonds is 4. The summed E-state index contributed by atoms with van der Waals surface area (Å²) in [6.45, 7) is 0. The predicted octanol–water partition coefficient (Wildman–Crippen LogP) is 4.74. The monoisotopic (exact) mass is 340 g/mol. The first-order valence-corrected chi connectivity index (χ1v) is 7.44. The second-order valence-electron chi connectivity index (χ2n) is 3.98. The summed E-state index contributed by atoms with van der Waals surface area (Å²) < 4.78 is 4.74. The Morgan fingerprint density at radius 3 is 2.48 bits per heavy atom. The highest BCUT2D eigenvalue weighted by Crippen LogP contribution is 2.39. The minimum atomic E-state index is -0.455. The van der Waals surface area contributed by atoms with E-state index >= 15 is 0 Å². The number of aldehydes is 1. The molecule has 0 amide bonds. The van der Waals surface area contributed by atoms with Crippen LogP contribution in [0.4, 0.5) is 0 Å². The Bertz CT molecular complexity index is 701. The van der Waals surface area contributed by atoms with Crippen molar-refractivity contribution in [3.8, 4) is 0 Å². The minimum Gasteiger partial charge on any atom is -0.465 e. The van der Waals surface area contributed by atoms with Crippen molar-refractivity contribution in [2.24, 2.45) is 0 Å². The molecule has 0 spiro atoms. The maximum absolute atomic E-state index is 11.8. The van der Waals surface area contributed by atoms with Gasteiger partial charge in [0.1, 0.15) is 0 Å². The molecule has 3 nitrogen and oxygen atoms in total. The van der Waals surface area contributed by atoms with E-state index in [1.807, 2.05) is 0 Å². The maximum atomic E-state index is 11.8. The number of methoxy groups -OCH3 is 1. The van der Waals surface area contributed by atoms with Gasteiger partial charge in [-0.15, -0.1) is 0 Å². The SMILES string of the molecule is COC(=O)c1ccccc1Sc1c(Cl)ccc(Cl)c1C=O. The van der Waals surface area contributed by atoms with E-state index < -0.39 is 5.97 Å². The second-order valence-corrected chi connectivity index (χ2v) is 5.85. The number of carbonyl (C=O) groups excluding carboxylic acids is 2. The van der Waals surface area contributed by atoms with Gasteiger partial charge in [-0.1, -0.05) is 47.1 Å². The van der Waals surface area contributed by atoms with Crippen LogP contribution in [0.3, 0.4) is 0 Å². The first-order chi connectivity index (χ1) is 10.1. The van der Waals surface area contributed by atoms with Crippen molar-refractivity contribution in [2.75, 3.05) is 7.11 Å². The molecule has 108 valence electrons. The number of ether oxygens (including phenoxy) is 1. The van der Waals surface area contributed by atoms with Crippen LogP contribution < -0.4 is 0 Å². The first kappa shape index (κ1) is 15.9. The van der Waals surface area contributed by atoms with Gasteiger partial charge >= 0.3 is 5.97 Å². The van der Waals surface area contributed by atoms with Crippen molar-refractivity contribution in [3.05, 3.63) is 57.6 Å². The smallest absolute Gasteiger partial charge is 0.339 e. The highest BCUT2D eigenvalue weighted by molar-refractivity contribution is 7.99. The summed E-state index contributed by atoms with van der Waals surface area (Å²) in [6, 6.07) is 10.1. The minimum absolute atomic E-state index is 0.300. The number of carbonyl (C=O) groups is 2. The van der Waals surface area contributed by atoms with E-state index in [1.165, 1.54) is 18.9 Å². The van der Waals surface area contributed by atoms with Crippen LogP contribution in [0, 0.1) is 0 Å². The standard InChI is InChI=1S/C15H10Cl2O3S/c1-20-15(19)9-4-2-3-5-13(9)21-14-10(8-18)11(16)6-7-12(14)17/h2-8H,1H3. The van der Waals surface area contributed by atoms with Crippen molar-refractivity contribution in [1.82, 2.24) is 0 Å². The van der Waals surface area contributed by atoms with Gasteiger partial charge in [0.05, 0.1) is 22.7 Å². The number of esters is 1. The van der Waals surface area contributed by atoms with E-state index in [0.29, 0.717) is 37.2 Å². The van der Waals surface area contributed by atoms with Crippen molar-refractivity contribution in [2.45, 2.75) is 9.79 Å². The van der Waals surface area contributed by atoms with Gasteiger partial charge in [-0.3, -0.25) is 4.79 Å². The zero-order valence-corrected chi connectivity index (χ0v) is 13.3. The van der Waals surface area contributed by atoms with Gasteiger partial charge in [-0.2, -0.15) is 0 Å². The van der Waals surface area contributed by atoms with Crippen LogP contribution in [0.25, 0.3) is 0 Å². The molecule has 0 atom stereocenters. The van der Waals surface area contributed by atoms with Gasteiger partial charge in [0.15, 0.2) is 6.29 Å². The molecule has 0 aliphatic carbocycles. The number of hydrogen-bond donors (Lipinski definition) is 0. The Labute approximate surface area is 136 Å². The zero-order chi connectivity index (χ0) is 15.4. The summed E-state index contributed by atoms with van der Waals surface area (Å²) in [5.74, 6) is -0.455. The van der Waals surface area contributed by atoms with Gasteiger partial charge in [-0.05, 0) is 24.3 Å². The molecule has 2 aromatic rings. The van der Waals surface area contributed by atoms with Gasteiger partial charge < -0.3 is 4.74 Å². The molecule has 6 heteroatoms. The van der Waals surface area contributed by atoms with E-state index in [9.17, 15) is 9.59 Å². The van der Waals surface area contributed by atoms with Gasteiger partial charge in [0.25, 0.3) is 0 Å². The Hall–Kier alpha value is -1.49. The molecule has 21 heavy (non-hydrogen) atoms. The average molecular weight is 341 g/mol. The van der Waals surface area contributed by atoms with Crippen LogP contribution in [-0.4, -0.2) is 19.4 Å². The van der Waals surface area contributed by atoms with Gasteiger partial charge in [0, 0.05) is 15.4 Å². The molecule has 0 fully saturated rings. The Balaban J connectivity index is 2.51. The normalized spacial score (nSPS) is 10.2. The van der Waals surface area contributed by atoms with Gasteiger partial charge in [0.2, 0.25) is 0 Å². The topological polar surface area (TPSA) is 43.4 Å². The van der Waals surface area contributed by atoms with E-state index in [4.69, 9.17) is 27.9 Å². The third kappa shape index (κ3) is 3.40. The molecule has 0 unspecified atom stereocenters. The fourth-order valence-electron chi connectivity index (χ4n) is 1.71. The lowest BCUT2D eigenvalue weighted by atomic mass is 10.2. The molecule has 0 bridgehead atoms. The lowest BCUT2D eigenvalue weighted by molar-refractivity contribution is 0.0596. The Morgan fingerprint density at radius 1 is 1.14 bits per heavy atom. The van der Waals surface area contributed by atoms with Crippen LogP contribution in [0.1, 0.15) is 20.7 Å². The van der Waals surface area contributed by atoms with E-state index in [1.54, 1.807) is 36.4 Å². The van der Waals surface area contributed by atoms with E-state index in [2.05, 4.69) is 0 Å². The quantitative estimate of drug-likeness (QED) is 0.595. The Morgan fingerprint density at radius 2 is 1.81 bits per heavy atom. The number of hydrogen-bond acceptors (Lipinski definition) is 4. The summed E-state index contributed by atoms with van der Waals surface area (Å²) in [6.07, 6.45) is 0.650. The highest BCUT2D eigenvalue weighted by Gasteiger charge is 2.17. The predicted molar refractivity (Wildman–Crippen MR) is 83.8 cm³/mol. The molecule has 0 aliphatic heterocycles. The van der Waals surface area contributed by atoms with Gasteiger partial charge in [-0.25, -0.2) is 4.79 Å². The van der Waals surface area contributed by atoms with Crippen molar-refractivity contribution in [3.63, 3.8) is 0 Å². The third-order valence-electron chi connectivity index (χ3n) is 2.72. The molecule has 0 aliphatic rings. The first-order valence-electron chi connectivity index (χ1n) is 5.87. The van der Waals surface area contributed by atoms with Crippen LogP contribution >= 0.6 is 35.0 Å². The molecule has 0 saturated heterocycles. The van der Waals surface area contributed by atoms with E-state index in [0.717, 1.165) is 0 Å². The molecule has 0 N–H and O–H groups in total. The molecule has 2 aromatic carbocycles. The summed E-state index contributed by atoms with van der Waals surface area (Å²) in [7, 11) is 1.31. The van der Waals surface area contributed by atoms with Crippen LogP contribution in [0.15, 0.2) is 46.2 Å². The molecule has 0 aromatic heterocycles. The van der Waals surface area contributed by atoms with Crippen molar-refractivity contribution in [1.29, 1.82) is 0 Å². The summed E-state index contributed by atoms with van der Waals surface area (Å²) in [4.78, 5) is 24.1. The third-order valence-corrected chi connectivity index (χ3v) is 4.69. The second kappa shape index (κ2) is 6.98. The lowest BCUT2D eigenvalue weighted by Gasteiger charge is -2.11. The summed E-state index contributed by atoms with van der Waals surface area (Å²) in [5.41, 5.74) is 0.701. The molecule has 0 saturated carbocycles. The molecule has 0 heterocycles. The Kier molecular flexibility index (Phi) is 5.28. The largest absolute Gasteiger partial charge is 0.465 e. The van der Waals surface area contributed by atoms with Crippen LogP contribution in [0.2, 0.25) is 10.0 Å². The molecular weight excluding hydrogens is 331 g/mol. The highest BCUT2D eigenvalue weighted by atomic mass is 35.5. The van der Waals surface area contributed by atoms with Crippen molar-refractivity contribution < 1.29 is 14.3 Å². The number of benzene rings is 2. The summed E-state index contributed by atoms with van der Waals surface area (Å²) >= 11 is 13.3. The fraction of sp³-hybridized carbons (Fsp3) is 0.0667. The van der Waals surface area contributed by atoms with Crippen LogP contribution in [-0.2, 0) is 4.74 Å². The average Bonchev–Trinajstić information content (AvgIpc) is 2.51. The lowest BCUT2D eigenvalue weighted by Crippen LogP contribution is -2.03. The van der Waals surface area contributed by atoms with E-state index in [-0.39, 0.29) is 0 Å². The molecule has 0 radical (unpaired) electrons. The number of halogens is 2.